The maximum atomic E-state index is 13.3. The molecule has 1 fully saturated rings. The summed E-state index contributed by atoms with van der Waals surface area (Å²) in [6.45, 7) is 7.87. The molecule has 0 radical (unpaired) electrons. The van der Waals surface area contributed by atoms with Gasteiger partial charge in [0.2, 0.25) is 5.95 Å². The highest BCUT2D eigenvalue weighted by molar-refractivity contribution is 14.1. The van der Waals surface area contributed by atoms with E-state index in [1.807, 2.05) is 31.7 Å². The number of halogens is 2. The average Bonchev–Trinajstić information content (AvgIpc) is 2.35. The maximum absolute atomic E-state index is 13.3. The second-order valence-corrected chi connectivity index (χ2v) is 7.17. The summed E-state index contributed by atoms with van der Waals surface area (Å²) < 4.78 is 19.5. The standard InChI is InChI=1S/C14H19FIN3O2/c1-14(2,3)21-13(20)19-6-4-18(5-7-19)12-9-10(16)8-11(15)17-12/h8-9H,4-7H2,1-3H3. The molecule has 1 aliphatic heterocycles. The summed E-state index contributed by atoms with van der Waals surface area (Å²) in [5.74, 6) is 0.134. The first-order valence-electron chi connectivity index (χ1n) is 6.80. The van der Waals surface area contributed by atoms with Gasteiger partial charge in [0.1, 0.15) is 11.4 Å². The maximum Gasteiger partial charge on any atom is 0.410 e. The highest BCUT2D eigenvalue weighted by Crippen LogP contribution is 2.19. The van der Waals surface area contributed by atoms with Gasteiger partial charge in [0.25, 0.3) is 0 Å². The van der Waals surface area contributed by atoms with Crippen molar-refractivity contribution < 1.29 is 13.9 Å². The molecule has 0 saturated carbocycles. The van der Waals surface area contributed by atoms with Crippen LogP contribution in [0.2, 0.25) is 0 Å². The van der Waals surface area contributed by atoms with E-state index in [0.717, 1.165) is 3.57 Å². The fourth-order valence-corrected chi connectivity index (χ4v) is 2.59. The monoisotopic (exact) mass is 407 g/mol. The first-order chi connectivity index (χ1) is 9.74. The zero-order valence-electron chi connectivity index (χ0n) is 12.4. The van der Waals surface area contributed by atoms with Crippen molar-refractivity contribution >= 4 is 34.5 Å². The van der Waals surface area contributed by atoms with E-state index >= 15 is 0 Å². The van der Waals surface area contributed by atoms with Crippen molar-refractivity contribution in [3.8, 4) is 0 Å². The van der Waals surface area contributed by atoms with Crippen molar-refractivity contribution in [2.45, 2.75) is 26.4 Å². The smallest absolute Gasteiger partial charge is 0.410 e. The summed E-state index contributed by atoms with van der Waals surface area (Å²) in [6, 6.07) is 3.23. The zero-order chi connectivity index (χ0) is 15.6. The molecule has 116 valence electrons. The molecule has 2 heterocycles. The van der Waals surface area contributed by atoms with Gasteiger partial charge in [0.15, 0.2) is 0 Å². The molecule has 0 aliphatic carbocycles. The minimum absolute atomic E-state index is 0.302. The highest BCUT2D eigenvalue weighted by Gasteiger charge is 2.26. The molecule has 0 atom stereocenters. The van der Waals surface area contributed by atoms with Crippen molar-refractivity contribution in [1.29, 1.82) is 0 Å². The Kier molecular flexibility index (Phi) is 4.90. The number of piperazine rings is 1. The minimum atomic E-state index is -0.492. The summed E-state index contributed by atoms with van der Waals surface area (Å²) in [5.41, 5.74) is -0.492. The number of amides is 1. The SMILES string of the molecule is CC(C)(C)OC(=O)N1CCN(c2cc(I)cc(F)n2)CC1. The van der Waals surface area contributed by atoms with Gasteiger partial charge in [-0.05, 0) is 49.4 Å². The van der Waals surface area contributed by atoms with Crippen molar-refractivity contribution in [1.82, 2.24) is 9.88 Å². The number of carbonyl (C=O) groups excluding carboxylic acids is 1. The normalized spacial score (nSPS) is 16.0. The molecule has 1 aliphatic rings. The predicted molar refractivity (Wildman–Crippen MR) is 86.9 cm³/mol. The quantitative estimate of drug-likeness (QED) is 0.531. The summed E-state index contributed by atoms with van der Waals surface area (Å²) >= 11 is 2.07. The van der Waals surface area contributed by atoms with Crippen LogP contribution in [0.5, 0.6) is 0 Å². The largest absolute Gasteiger partial charge is 0.444 e. The van der Waals surface area contributed by atoms with Gasteiger partial charge in [-0.1, -0.05) is 0 Å². The summed E-state index contributed by atoms with van der Waals surface area (Å²) in [5, 5.41) is 0. The van der Waals surface area contributed by atoms with Gasteiger partial charge in [0.05, 0.1) is 0 Å². The number of pyridine rings is 1. The molecule has 0 N–H and O–H groups in total. The second kappa shape index (κ2) is 6.33. The van der Waals surface area contributed by atoms with Gasteiger partial charge in [-0.25, -0.2) is 9.78 Å². The molecule has 1 aromatic rings. The average molecular weight is 407 g/mol. The van der Waals surface area contributed by atoms with E-state index < -0.39 is 11.5 Å². The molecule has 21 heavy (non-hydrogen) atoms. The Morgan fingerprint density at radius 3 is 2.43 bits per heavy atom. The lowest BCUT2D eigenvalue weighted by molar-refractivity contribution is 0.0240. The topological polar surface area (TPSA) is 45.7 Å². The van der Waals surface area contributed by atoms with Gasteiger partial charge in [-0.15, -0.1) is 0 Å². The Balaban J connectivity index is 1.95. The second-order valence-electron chi connectivity index (χ2n) is 5.92. The van der Waals surface area contributed by atoms with Gasteiger partial charge in [-0.3, -0.25) is 0 Å². The van der Waals surface area contributed by atoms with Gasteiger partial charge in [0, 0.05) is 35.8 Å². The third-order valence-electron chi connectivity index (χ3n) is 3.00. The molecule has 2 rings (SSSR count). The molecule has 1 aromatic heterocycles. The first-order valence-corrected chi connectivity index (χ1v) is 7.88. The number of carbonyl (C=O) groups is 1. The lowest BCUT2D eigenvalue weighted by Crippen LogP contribution is -2.50. The summed E-state index contributed by atoms with van der Waals surface area (Å²) in [4.78, 5) is 19.5. The summed E-state index contributed by atoms with van der Waals surface area (Å²) in [7, 11) is 0. The Hall–Kier alpha value is -1.12. The van der Waals surface area contributed by atoms with Crippen LogP contribution < -0.4 is 4.90 Å². The van der Waals surface area contributed by atoms with Gasteiger partial charge < -0.3 is 14.5 Å². The molecule has 0 spiro atoms. The third kappa shape index (κ3) is 4.69. The van der Waals surface area contributed by atoms with E-state index in [4.69, 9.17) is 4.74 Å². The molecule has 0 aromatic carbocycles. The summed E-state index contributed by atoms with van der Waals surface area (Å²) in [6.07, 6.45) is -0.302. The number of ether oxygens (including phenoxy) is 1. The van der Waals surface area contributed by atoms with Gasteiger partial charge in [-0.2, -0.15) is 4.39 Å². The van der Waals surface area contributed by atoms with Crippen molar-refractivity contribution in [2.24, 2.45) is 0 Å². The van der Waals surface area contributed by atoms with E-state index in [-0.39, 0.29) is 6.09 Å². The lowest BCUT2D eigenvalue weighted by Gasteiger charge is -2.36. The van der Waals surface area contributed by atoms with Crippen molar-refractivity contribution in [2.75, 3.05) is 31.1 Å². The fourth-order valence-electron chi connectivity index (χ4n) is 2.06. The van der Waals surface area contributed by atoms with Crippen LogP contribution in [0.15, 0.2) is 12.1 Å². The number of anilines is 1. The highest BCUT2D eigenvalue weighted by atomic mass is 127. The number of nitrogens with zero attached hydrogens (tertiary/aromatic N) is 3. The Bertz CT molecular complexity index is 505. The predicted octanol–water partition coefficient (Wildman–Crippen LogP) is 2.88. The molecular weight excluding hydrogens is 388 g/mol. The van der Waals surface area contributed by atoms with Crippen molar-refractivity contribution in [3.05, 3.63) is 21.7 Å². The van der Waals surface area contributed by atoms with Crippen LogP contribution in [0.4, 0.5) is 15.0 Å². The first kappa shape index (κ1) is 16.3. The number of hydrogen-bond acceptors (Lipinski definition) is 4. The van der Waals surface area contributed by atoms with E-state index in [2.05, 4.69) is 27.6 Å². The van der Waals surface area contributed by atoms with Crippen LogP contribution in [0.1, 0.15) is 20.8 Å². The van der Waals surface area contributed by atoms with E-state index in [0.29, 0.717) is 32.0 Å². The van der Waals surface area contributed by atoms with Crippen LogP contribution in [0, 0.1) is 9.52 Å². The number of rotatable bonds is 1. The third-order valence-corrected chi connectivity index (χ3v) is 3.62. The number of hydrogen-bond donors (Lipinski definition) is 0. The van der Waals surface area contributed by atoms with Crippen LogP contribution in [-0.4, -0.2) is 47.8 Å². The Morgan fingerprint density at radius 2 is 1.90 bits per heavy atom. The Labute approximate surface area is 137 Å². The molecule has 5 nitrogen and oxygen atoms in total. The van der Waals surface area contributed by atoms with Crippen molar-refractivity contribution in [3.63, 3.8) is 0 Å². The fraction of sp³-hybridized carbons (Fsp3) is 0.571. The van der Waals surface area contributed by atoms with Crippen LogP contribution in [-0.2, 0) is 4.74 Å². The molecule has 1 amide bonds. The molecule has 0 bridgehead atoms. The molecule has 0 unspecified atom stereocenters. The van der Waals surface area contributed by atoms with E-state index in [9.17, 15) is 9.18 Å². The molecule has 7 heteroatoms. The molecular formula is C14H19FIN3O2. The Morgan fingerprint density at radius 1 is 1.29 bits per heavy atom. The lowest BCUT2D eigenvalue weighted by atomic mass is 10.2. The van der Waals surface area contributed by atoms with Crippen LogP contribution in [0.25, 0.3) is 0 Å². The van der Waals surface area contributed by atoms with E-state index in [1.54, 1.807) is 4.90 Å². The van der Waals surface area contributed by atoms with Crippen LogP contribution >= 0.6 is 22.6 Å². The zero-order valence-corrected chi connectivity index (χ0v) is 14.6. The number of aromatic nitrogens is 1. The van der Waals surface area contributed by atoms with E-state index in [1.165, 1.54) is 6.07 Å². The van der Waals surface area contributed by atoms with Crippen LogP contribution in [0.3, 0.4) is 0 Å². The van der Waals surface area contributed by atoms with Gasteiger partial charge >= 0.3 is 6.09 Å². The minimum Gasteiger partial charge on any atom is -0.444 e. The molecule has 1 saturated heterocycles.